The van der Waals surface area contributed by atoms with Gasteiger partial charge in [-0.15, -0.1) is 0 Å². The molecule has 0 nitrogen and oxygen atoms in total. The molecule has 0 atom stereocenters. The van der Waals surface area contributed by atoms with Gasteiger partial charge in [-0.05, 0) is 0 Å². The Morgan fingerprint density at radius 3 is 1.27 bits per heavy atom. The van der Waals surface area contributed by atoms with Gasteiger partial charge in [0.25, 0.3) is 0 Å². The smallest absolute Gasteiger partial charge is 0.0623 e. The number of hydrogen-bond donors (Lipinski definition) is 0. The number of rotatable bonds is 3. The molecule has 0 radical (unpaired) electrons. The molecule has 5 aromatic rings. The summed E-state index contributed by atoms with van der Waals surface area (Å²) in [6.07, 6.45) is 0. The predicted octanol–water partition coefficient (Wildman–Crippen LogP) is 8.59. The third-order valence-corrected chi connectivity index (χ3v) is 29.9. The van der Waals surface area contributed by atoms with Gasteiger partial charge in [-0.1, -0.05) is 71.8 Å². The van der Waals surface area contributed by atoms with E-state index in [-0.39, 0.29) is 0 Å². The normalized spacial score (nSPS) is 9.67. The first-order valence-corrected chi connectivity index (χ1v) is 27.1. The molecule has 0 unspecified atom stereocenters. The molecule has 33 heavy (non-hydrogen) atoms. The van der Waals surface area contributed by atoms with Crippen molar-refractivity contribution in [2.45, 2.75) is 6.55 Å². The van der Waals surface area contributed by atoms with Crippen molar-refractivity contribution in [2.24, 2.45) is 0 Å². The predicted molar refractivity (Wildman–Crippen MR) is 144 cm³/mol. The molecule has 0 N–H and O–H groups in total. The van der Waals surface area contributed by atoms with E-state index in [0.29, 0.717) is 0 Å². The van der Waals surface area contributed by atoms with Crippen molar-refractivity contribution >= 4 is 27.8 Å². The average molecular weight is 652 g/mol. The van der Waals surface area contributed by atoms with Crippen LogP contribution in [0, 0.1) is 0 Å². The Hall–Kier alpha value is -1.97. The third kappa shape index (κ3) is 8.71. The van der Waals surface area contributed by atoms with E-state index in [2.05, 4.69) is 116 Å². The van der Waals surface area contributed by atoms with Crippen molar-refractivity contribution in [1.82, 2.24) is 0 Å². The Labute approximate surface area is 212 Å². The van der Waals surface area contributed by atoms with Gasteiger partial charge in [-0.3, -0.25) is 0 Å². The van der Waals surface area contributed by atoms with Gasteiger partial charge in [-0.2, -0.15) is 47.5 Å². The van der Waals surface area contributed by atoms with Crippen LogP contribution in [0.2, 0.25) is 6.55 Å². The first-order chi connectivity index (χ1) is 16.1. The molecule has 0 heterocycles. The maximum atomic E-state index is 5.99. The van der Waals surface area contributed by atoms with Crippen molar-refractivity contribution in [2.75, 3.05) is 0 Å². The Balaban J connectivity index is 0.000000139. The van der Waals surface area contributed by atoms with Crippen LogP contribution in [0.5, 0.6) is 0 Å². The van der Waals surface area contributed by atoms with Gasteiger partial charge in [0.15, 0.2) is 0 Å². The van der Waals surface area contributed by atoms with Gasteiger partial charge in [-0.25, -0.2) is 12.1 Å². The number of benzene rings is 3. The summed E-state index contributed by atoms with van der Waals surface area (Å²) in [4.78, 5) is 0. The second-order valence-corrected chi connectivity index (χ2v) is 36.2. The largest absolute Gasteiger partial charge is 0.206 e. The molecule has 0 aromatic heterocycles. The minimum absolute atomic E-state index is 0.540. The fourth-order valence-corrected chi connectivity index (χ4v) is 13.6. The summed E-state index contributed by atoms with van der Waals surface area (Å²) in [7, 11) is 12.0. The third-order valence-electron chi connectivity index (χ3n) is 5.03. The summed E-state index contributed by atoms with van der Waals surface area (Å²) >= 11 is -2.10. The summed E-state index contributed by atoms with van der Waals surface area (Å²) < 4.78 is 0. The summed E-state index contributed by atoms with van der Waals surface area (Å²) in [5.41, 5.74) is 4.63. The zero-order valence-electron chi connectivity index (χ0n) is 18.5. The monoisotopic (exact) mass is 652 g/mol. The van der Waals surface area contributed by atoms with E-state index in [1.807, 2.05) is 30.3 Å². The molecule has 0 amide bonds. The molecule has 4 heteroatoms. The molecule has 0 saturated carbocycles. The van der Waals surface area contributed by atoms with Crippen LogP contribution in [0.15, 0.2) is 140 Å². The average Bonchev–Trinajstić information content (AvgIpc) is 3.61. The minimum atomic E-state index is -2.10. The molecular formula is C29H26Cl2HfSi-2. The Kier molecular flexibility index (Phi) is 11.1. The molecule has 0 spiro atoms. The summed E-state index contributed by atoms with van der Waals surface area (Å²) in [6, 6.07) is 47.9. The van der Waals surface area contributed by atoms with Gasteiger partial charge >= 0.3 is 82.4 Å². The molecule has 0 saturated heterocycles. The fourth-order valence-electron chi connectivity index (χ4n) is 3.19. The fraction of sp³-hybridized carbons (Fsp3) is 0.0345. The second-order valence-electron chi connectivity index (χ2n) is 7.33. The van der Waals surface area contributed by atoms with Crippen LogP contribution in [0.4, 0.5) is 0 Å². The molecule has 5 aromatic carbocycles. The SMILES string of the molecule is C[Si](c1ccccc1)=[Hf]([Cl])[Cl].c1ccc(-c2cc[cH-]c2)cc1.c1ccc(-c2cc[cH-]c2)cc1. The molecule has 5 rings (SSSR count). The molecule has 0 aliphatic carbocycles. The number of halogens is 2. The van der Waals surface area contributed by atoms with Crippen LogP contribution < -0.4 is 5.19 Å². The molecule has 166 valence electrons. The Morgan fingerprint density at radius 1 is 0.545 bits per heavy atom. The van der Waals surface area contributed by atoms with Crippen molar-refractivity contribution in [3.63, 3.8) is 0 Å². The topological polar surface area (TPSA) is 0 Å². The van der Waals surface area contributed by atoms with Crippen LogP contribution in [-0.2, 0) is 17.7 Å². The number of hydrogen-bond acceptors (Lipinski definition) is 0. The van der Waals surface area contributed by atoms with Gasteiger partial charge < -0.3 is 0 Å². The van der Waals surface area contributed by atoms with E-state index in [0.717, 1.165) is 0 Å². The van der Waals surface area contributed by atoms with Gasteiger partial charge in [0, 0.05) is 0 Å². The molecule has 0 bridgehead atoms. The quantitative estimate of drug-likeness (QED) is 0.135. The standard InChI is InChI=1S/2C11H9.C7H8Si.2ClH.Hf/c2*1-2-6-10(7-3-1)11-8-4-5-9-11;1-8-7-5-3-2-4-6-7;;;/h2*1-9H;2-6H,1H3;2*1H;/q2*-1;;;;+2/p-2. The van der Waals surface area contributed by atoms with E-state index in [1.54, 1.807) is 0 Å². The summed E-state index contributed by atoms with van der Waals surface area (Å²) in [5, 5.41) is 1.38. The van der Waals surface area contributed by atoms with Crippen molar-refractivity contribution in [1.29, 1.82) is 0 Å². The van der Waals surface area contributed by atoms with Crippen LogP contribution in [0.1, 0.15) is 0 Å². The Morgan fingerprint density at radius 2 is 0.939 bits per heavy atom. The zero-order chi connectivity index (χ0) is 23.3. The van der Waals surface area contributed by atoms with Gasteiger partial charge in [0.2, 0.25) is 0 Å². The summed E-state index contributed by atoms with van der Waals surface area (Å²) in [5.74, 6) is 0. The van der Waals surface area contributed by atoms with Crippen LogP contribution in [0.3, 0.4) is 0 Å². The zero-order valence-corrected chi connectivity index (χ0v) is 24.6. The van der Waals surface area contributed by atoms with Crippen LogP contribution >= 0.6 is 17.2 Å². The maximum absolute atomic E-state index is 5.99. The summed E-state index contributed by atoms with van der Waals surface area (Å²) in [6.45, 7) is 2.21. The van der Waals surface area contributed by atoms with Crippen molar-refractivity contribution in [3.05, 3.63) is 140 Å². The minimum Gasteiger partial charge on any atom is -0.206 e. The molecule has 0 aliphatic rings. The molecule has 0 fully saturated rings. The van der Waals surface area contributed by atoms with E-state index in [4.69, 9.17) is 17.2 Å². The second kappa shape index (κ2) is 14.3. The van der Waals surface area contributed by atoms with E-state index in [9.17, 15) is 0 Å². The van der Waals surface area contributed by atoms with E-state index >= 15 is 0 Å². The Bertz CT molecular complexity index is 1130. The van der Waals surface area contributed by atoms with Gasteiger partial charge in [0.05, 0.1) is 0 Å². The molecule has 0 aliphatic heterocycles. The molecular weight excluding hydrogens is 626 g/mol. The first-order valence-electron chi connectivity index (χ1n) is 10.8. The van der Waals surface area contributed by atoms with E-state index in [1.165, 1.54) is 27.4 Å². The van der Waals surface area contributed by atoms with E-state index < -0.39 is 23.2 Å². The van der Waals surface area contributed by atoms with Crippen molar-refractivity contribution < 1.29 is 17.7 Å². The first kappa shape index (κ1) is 25.6. The van der Waals surface area contributed by atoms with Gasteiger partial charge in [0.1, 0.15) is 0 Å². The maximum Gasteiger partial charge on any atom is -0.0623 e. The van der Waals surface area contributed by atoms with Crippen LogP contribution in [0.25, 0.3) is 22.3 Å². The van der Waals surface area contributed by atoms with Crippen molar-refractivity contribution in [3.8, 4) is 22.3 Å². The van der Waals surface area contributed by atoms with Crippen LogP contribution in [-0.4, -0.2) is 5.49 Å².